The number of ether oxygens (including phenoxy) is 2. The van der Waals surface area contributed by atoms with Gasteiger partial charge in [-0.3, -0.25) is 4.79 Å². The van der Waals surface area contributed by atoms with Crippen LogP contribution in [0.3, 0.4) is 0 Å². The average molecular weight is 280 g/mol. The van der Waals surface area contributed by atoms with Gasteiger partial charge in [0.1, 0.15) is 5.78 Å². The zero-order chi connectivity index (χ0) is 14.1. The SMILES string of the molecule is COC1CC(C)C2C(=O)CC(C3CCCCC3)OC2C1. The van der Waals surface area contributed by atoms with Crippen LogP contribution in [0.15, 0.2) is 0 Å². The Morgan fingerprint density at radius 1 is 1.10 bits per heavy atom. The molecule has 1 saturated heterocycles. The van der Waals surface area contributed by atoms with Crippen molar-refractivity contribution in [1.82, 2.24) is 0 Å². The Labute approximate surface area is 122 Å². The number of ketones is 1. The Kier molecular flexibility index (Phi) is 4.46. The van der Waals surface area contributed by atoms with Crippen molar-refractivity contribution >= 4 is 5.78 Å². The highest BCUT2D eigenvalue weighted by molar-refractivity contribution is 5.83. The number of Topliss-reactive ketones (excluding diaryl/α,β-unsaturated/α-hetero) is 1. The molecule has 0 aromatic rings. The second kappa shape index (κ2) is 6.15. The van der Waals surface area contributed by atoms with Crippen LogP contribution in [0.1, 0.15) is 58.3 Å². The van der Waals surface area contributed by atoms with E-state index < -0.39 is 0 Å². The number of methoxy groups -OCH3 is 1. The van der Waals surface area contributed by atoms with Crippen molar-refractivity contribution in [2.75, 3.05) is 7.11 Å². The first-order valence-corrected chi connectivity index (χ1v) is 8.40. The Morgan fingerprint density at radius 3 is 2.55 bits per heavy atom. The molecule has 3 rings (SSSR count). The summed E-state index contributed by atoms with van der Waals surface area (Å²) in [4.78, 5) is 12.6. The maximum absolute atomic E-state index is 12.6. The van der Waals surface area contributed by atoms with E-state index >= 15 is 0 Å². The first-order valence-electron chi connectivity index (χ1n) is 8.40. The van der Waals surface area contributed by atoms with Crippen molar-refractivity contribution in [1.29, 1.82) is 0 Å². The van der Waals surface area contributed by atoms with Gasteiger partial charge in [0, 0.05) is 25.9 Å². The van der Waals surface area contributed by atoms with E-state index in [0.29, 0.717) is 24.0 Å². The van der Waals surface area contributed by atoms with Gasteiger partial charge in [-0.25, -0.2) is 0 Å². The van der Waals surface area contributed by atoms with Crippen molar-refractivity contribution < 1.29 is 14.3 Å². The van der Waals surface area contributed by atoms with Crippen molar-refractivity contribution in [2.45, 2.75) is 76.6 Å². The van der Waals surface area contributed by atoms with Crippen molar-refractivity contribution in [3.8, 4) is 0 Å². The molecule has 114 valence electrons. The number of fused-ring (bicyclic) bond motifs is 1. The normalized spacial score (nSPS) is 43.3. The van der Waals surface area contributed by atoms with Crippen molar-refractivity contribution in [2.24, 2.45) is 17.8 Å². The van der Waals surface area contributed by atoms with Gasteiger partial charge in [-0.05, 0) is 31.1 Å². The Hall–Kier alpha value is -0.410. The molecule has 0 aromatic carbocycles. The van der Waals surface area contributed by atoms with E-state index in [-0.39, 0.29) is 24.2 Å². The fraction of sp³-hybridized carbons (Fsp3) is 0.941. The van der Waals surface area contributed by atoms with E-state index in [1.54, 1.807) is 7.11 Å². The second-order valence-electron chi connectivity index (χ2n) is 7.11. The summed E-state index contributed by atoms with van der Waals surface area (Å²) in [5.41, 5.74) is 0. The van der Waals surface area contributed by atoms with Crippen LogP contribution >= 0.6 is 0 Å². The molecule has 3 nitrogen and oxygen atoms in total. The van der Waals surface area contributed by atoms with Crippen LogP contribution in [0.5, 0.6) is 0 Å². The summed E-state index contributed by atoms with van der Waals surface area (Å²) in [6.07, 6.45) is 9.60. The molecule has 0 spiro atoms. The summed E-state index contributed by atoms with van der Waals surface area (Å²) in [6, 6.07) is 0. The molecule has 20 heavy (non-hydrogen) atoms. The van der Waals surface area contributed by atoms with Gasteiger partial charge in [-0.15, -0.1) is 0 Å². The van der Waals surface area contributed by atoms with Crippen molar-refractivity contribution in [3.63, 3.8) is 0 Å². The van der Waals surface area contributed by atoms with Gasteiger partial charge in [0.15, 0.2) is 0 Å². The molecule has 0 amide bonds. The van der Waals surface area contributed by atoms with E-state index in [9.17, 15) is 4.79 Å². The molecule has 1 aliphatic heterocycles. The fourth-order valence-corrected chi connectivity index (χ4v) is 4.68. The summed E-state index contributed by atoms with van der Waals surface area (Å²) >= 11 is 0. The maximum Gasteiger partial charge on any atom is 0.141 e. The van der Waals surface area contributed by atoms with E-state index in [1.165, 1.54) is 32.1 Å². The minimum absolute atomic E-state index is 0.108. The van der Waals surface area contributed by atoms with Gasteiger partial charge in [-0.2, -0.15) is 0 Å². The van der Waals surface area contributed by atoms with E-state index in [4.69, 9.17) is 9.47 Å². The Balaban J connectivity index is 1.69. The fourth-order valence-electron chi connectivity index (χ4n) is 4.68. The number of rotatable bonds is 2. The van der Waals surface area contributed by atoms with Crippen LogP contribution < -0.4 is 0 Å². The number of hydrogen-bond acceptors (Lipinski definition) is 3. The summed E-state index contributed by atoms with van der Waals surface area (Å²) in [7, 11) is 1.78. The lowest BCUT2D eigenvalue weighted by molar-refractivity contribution is -0.173. The van der Waals surface area contributed by atoms with Gasteiger partial charge in [0.25, 0.3) is 0 Å². The molecule has 0 aromatic heterocycles. The largest absolute Gasteiger partial charge is 0.381 e. The van der Waals surface area contributed by atoms with Crippen LogP contribution in [0.25, 0.3) is 0 Å². The minimum atomic E-state index is 0.108. The molecule has 3 fully saturated rings. The lowest BCUT2D eigenvalue weighted by Gasteiger charge is -2.46. The van der Waals surface area contributed by atoms with E-state index in [0.717, 1.165) is 12.8 Å². The molecule has 5 atom stereocenters. The summed E-state index contributed by atoms with van der Waals surface area (Å²) in [6.45, 7) is 2.19. The molecule has 0 radical (unpaired) electrons. The average Bonchev–Trinajstić information content (AvgIpc) is 2.47. The summed E-state index contributed by atoms with van der Waals surface area (Å²) in [5, 5.41) is 0. The lowest BCUT2D eigenvalue weighted by Crippen LogP contribution is -2.51. The monoisotopic (exact) mass is 280 g/mol. The predicted octanol–water partition coefficient (Wildman–Crippen LogP) is 3.35. The first kappa shape index (κ1) is 14.5. The van der Waals surface area contributed by atoms with Gasteiger partial charge in [-0.1, -0.05) is 26.2 Å². The highest BCUT2D eigenvalue weighted by atomic mass is 16.5. The Morgan fingerprint density at radius 2 is 1.85 bits per heavy atom. The molecule has 3 aliphatic rings. The smallest absolute Gasteiger partial charge is 0.141 e. The highest BCUT2D eigenvalue weighted by Crippen LogP contribution is 2.42. The molecule has 5 unspecified atom stereocenters. The van der Waals surface area contributed by atoms with Crippen LogP contribution in [-0.4, -0.2) is 31.2 Å². The summed E-state index contributed by atoms with van der Waals surface area (Å²) in [5.74, 6) is 1.60. The standard InChI is InChI=1S/C17H28O3/c1-11-8-13(19-2)9-16-17(11)14(18)10-15(20-16)12-6-4-3-5-7-12/h11-13,15-17H,3-10H2,1-2H3. The third-order valence-electron chi connectivity index (χ3n) is 5.78. The highest BCUT2D eigenvalue weighted by Gasteiger charge is 2.46. The predicted molar refractivity (Wildman–Crippen MR) is 77.5 cm³/mol. The zero-order valence-electron chi connectivity index (χ0n) is 12.8. The minimum Gasteiger partial charge on any atom is -0.381 e. The maximum atomic E-state index is 12.6. The third-order valence-corrected chi connectivity index (χ3v) is 5.78. The molecule has 2 aliphatic carbocycles. The first-order chi connectivity index (χ1) is 9.69. The quantitative estimate of drug-likeness (QED) is 0.778. The van der Waals surface area contributed by atoms with Gasteiger partial charge < -0.3 is 9.47 Å². The van der Waals surface area contributed by atoms with Crippen LogP contribution in [0.2, 0.25) is 0 Å². The van der Waals surface area contributed by atoms with Gasteiger partial charge in [0.2, 0.25) is 0 Å². The summed E-state index contributed by atoms with van der Waals surface area (Å²) < 4.78 is 11.9. The zero-order valence-corrected chi connectivity index (χ0v) is 12.8. The Bertz CT molecular complexity index is 348. The second-order valence-corrected chi connectivity index (χ2v) is 7.11. The number of hydrogen-bond donors (Lipinski definition) is 0. The van der Waals surface area contributed by atoms with Gasteiger partial charge in [0.05, 0.1) is 18.3 Å². The molecule has 0 N–H and O–H groups in total. The topological polar surface area (TPSA) is 35.5 Å². The molecular formula is C17H28O3. The molecule has 1 heterocycles. The van der Waals surface area contributed by atoms with Gasteiger partial charge >= 0.3 is 0 Å². The van der Waals surface area contributed by atoms with Crippen molar-refractivity contribution in [3.05, 3.63) is 0 Å². The lowest BCUT2D eigenvalue weighted by atomic mass is 9.70. The molecule has 3 heteroatoms. The van der Waals surface area contributed by atoms with Crippen LogP contribution in [0.4, 0.5) is 0 Å². The molecule has 2 saturated carbocycles. The van der Waals surface area contributed by atoms with Crippen LogP contribution in [0, 0.1) is 17.8 Å². The molecular weight excluding hydrogens is 252 g/mol. The number of carbonyl (C=O) groups excluding carboxylic acids is 1. The van der Waals surface area contributed by atoms with Crippen LogP contribution in [-0.2, 0) is 14.3 Å². The number of carbonyl (C=O) groups is 1. The molecule has 0 bridgehead atoms. The van der Waals surface area contributed by atoms with E-state index in [1.807, 2.05) is 0 Å². The van der Waals surface area contributed by atoms with E-state index in [2.05, 4.69) is 6.92 Å². The third kappa shape index (κ3) is 2.80.